The van der Waals surface area contributed by atoms with E-state index in [1.807, 2.05) is 24.3 Å². The second-order valence-corrected chi connectivity index (χ2v) is 5.39. The summed E-state index contributed by atoms with van der Waals surface area (Å²) >= 11 is 5.94. The average Bonchev–Trinajstić information content (AvgIpc) is 2.58. The minimum atomic E-state index is -0.954. The predicted molar refractivity (Wildman–Crippen MR) is 85.1 cm³/mol. The molecule has 6 heteroatoms. The maximum absolute atomic E-state index is 10.6. The van der Waals surface area contributed by atoms with Crippen LogP contribution in [0.25, 0.3) is 0 Å². The van der Waals surface area contributed by atoms with Gasteiger partial charge in [-0.2, -0.15) is 5.26 Å². The molecule has 0 saturated carbocycles. The molecule has 0 saturated heterocycles. The largest absolute Gasteiger partial charge is 0.264 e. The van der Waals surface area contributed by atoms with E-state index in [4.69, 9.17) is 11.6 Å². The summed E-state index contributed by atoms with van der Waals surface area (Å²) in [5, 5.41) is 14.6. The fourth-order valence-corrected chi connectivity index (χ4v) is 2.44. The molecule has 0 aliphatic heterocycles. The first-order valence-electron chi connectivity index (χ1n) is 6.75. The molecule has 1 heterocycles. The normalized spacial score (nSPS) is 13.0. The first-order valence-corrected chi connectivity index (χ1v) is 7.13. The minimum absolute atomic E-state index is 0.344. The van der Waals surface area contributed by atoms with Gasteiger partial charge in [-0.3, -0.25) is 9.99 Å². The van der Waals surface area contributed by atoms with Crippen LogP contribution in [0.15, 0.2) is 53.9 Å². The number of nitrogens with zero attached hydrogens (tertiary/aromatic N) is 4. The van der Waals surface area contributed by atoms with Crippen LogP contribution in [0.1, 0.15) is 17.7 Å². The van der Waals surface area contributed by atoms with Crippen LogP contribution in [-0.4, -0.2) is 23.6 Å². The Kier molecular flexibility index (Phi) is 5.08. The van der Waals surface area contributed by atoms with E-state index in [9.17, 15) is 10.2 Å². The van der Waals surface area contributed by atoms with Gasteiger partial charge >= 0.3 is 0 Å². The van der Waals surface area contributed by atoms with Gasteiger partial charge in [-0.1, -0.05) is 29.8 Å². The van der Waals surface area contributed by atoms with Crippen molar-refractivity contribution in [2.24, 2.45) is 5.29 Å². The van der Waals surface area contributed by atoms with E-state index in [-0.39, 0.29) is 0 Å². The Balaban J connectivity index is 2.49. The van der Waals surface area contributed by atoms with Crippen LogP contribution in [0.2, 0.25) is 5.02 Å². The van der Waals surface area contributed by atoms with Crippen molar-refractivity contribution in [1.29, 1.82) is 5.26 Å². The molecule has 0 N–H and O–H groups in total. The second-order valence-electron chi connectivity index (χ2n) is 4.95. The van der Waals surface area contributed by atoms with Gasteiger partial charge in [0, 0.05) is 24.8 Å². The van der Waals surface area contributed by atoms with Crippen LogP contribution in [0, 0.1) is 16.2 Å². The number of pyridine rings is 1. The third-order valence-corrected chi connectivity index (χ3v) is 3.83. The quantitative estimate of drug-likeness (QED) is 0.604. The lowest BCUT2D eigenvalue weighted by molar-refractivity contribution is 0.322. The van der Waals surface area contributed by atoms with Gasteiger partial charge in [0.15, 0.2) is 0 Å². The lowest BCUT2D eigenvalue weighted by Gasteiger charge is -2.27. The smallest absolute Gasteiger partial charge is 0.126 e. The lowest BCUT2D eigenvalue weighted by Crippen LogP contribution is -2.31. The molecule has 0 aliphatic carbocycles. The Morgan fingerprint density at radius 3 is 2.59 bits per heavy atom. The Hall–Kier alpha value is -2.45. The average molecular weight is 315 g/mol. The van der Waals surface area contributed by atoms with Gasteiger partial charge in [-0.15, -0.1) is 4.91 Å². The first-order chi connectivity index (χ1) is 10.6. The van der Waals surface area contributed by atoms with Crippen molar-refractivity contribution in [3.63, 3.8) is 0 Å². The molecule has 2 rings (SSSR count). The topological polar surface area (TPSA) is 69.3 Å². The molecule has 1 unspecified atom stereocenters. The van der Waals surface area contributed by atoms with Gasteiger partial charge in [0.05, 0.1) is 17.0 Å². The molecular formula is C16H15ClN4O. The summed E-state index contributed by atoms with van der Waals surface area (Å²) in [5.74, 6) is 0. The van der Waals surface area contributed by atoms with Gasteiger partial charge < -0.3 is 0 Å². The molecule has 22 heavy (non-hydrogen) atoms. The number of aromatic nitrogens is 1. The van der Waals surface area contributed by atoms with Crippen molar-refractivity contribution >= 4 is 11.6 Å². The molecule has 0 fully saturated rings. The van der Waals surface area contributed by atoms with Gasteiger partial charge in [0.2, 0.25) is 0 Å². The molecular weight excluding hydrogens is 300 g/mol. The Bertz CT molecular complexity index is 669. The second kappa shape index (κ2) is 7.01. The van der Waals surface area contributed by atoms with Gasteiger partial charge in [-0.05, 0) is 36.2 Å². The van der Waals surface area contributed by atoms with E-state index in [0.29, 0.717) is 23.7 Å². The standard InChI is InChI=1S/C16H15ClN4O/c1-21(20-22)11-9-16(12-18,15-4-2-3-10-19-15)13-5-7-14(17)8-6-13/h2-8,10H,9,11H2,1H3. The summed E-state index contributed by atoms with van der Waals surface area (Å²) in [6.07, 6.45) is 2.05. The molecule has 2 aromatic rings. The van der Waals surface area contributed by atoms with Crippen LogP contribution < -0.4 is 0 Å². The number of hydrogen-bond acceptors (Lipinski definition) is 4. The number of benzene rings is 1. The number of hydrogen-bond donors (Lipinski definition) is 0. The molecule has 1 aromatic heterocycles. The van der Waals surface area contributed by atoms with E-state index in [2.05, 4.69) is 16.3 Å². The minimum Gasteiger partial charge on any atom is -0.264 e. The maximum Gasteiger partial charge on any atom is 0.126 e. The highest BCUT2D eigenvalue weighted by atomic mass is 35.5. The molecule has 0 amide bonds. The number of nitriles is 1. The van der Waals surface area contributed by atoms with E-state index in [0.717, 1.165) is 5.56 Å². The van der Waals surface area contributed by atoms with Crippen molar-refractivity contribution in [2.45, 2.75) is 11.8 Å². The molecule has 0 radical (unpaired) electrons. The SMILES string of the molecule is CN(CCC(C#N)(c1ccc(Cl)cc1)c1ccccn1)N=O. The first kappa shape index (κ1) is 15.9. The van der Waals surface area contributed by atoms with Crippen LogP contribution >= 0.6 is 11.6 Å². The van der Waals surface area contributed by atoms with Crippen molar-refractivity contribution in [3.8, 4) is 6.07 Å². The zero-order valence-corrected chi connectivity index (χ0v) is 12.9. The third kappa shape index (κ3) is 3.23. The number of rotatable bonds is 6. The number of halogens is 1. The molecule has 1 aromatic carbocycles. The van der Waals surface area contributed by atoms with Crippen molar-refractivity contribution in [1.82, 2.24) is 9.99 Å². The molecule has 0 bridgehead atoms. The highest BCUT2D eigenvalue weighted by molar-refractivity contribution is 6.30. The van der Waals surface area contributed by atoms with E-state index < -0.39 is 5.41 Å². The highest BCUT2D eigenvalue weighted by Gasteiger charge is 2.36. The van der Waals surface area contributed by atoms with Crippen LogP contribution in [0.3, 0.4) is 0 Å². The van der Waals surface area contributed by atoms with Crippen LogP contribution in [0.4, 0.5) is 0 Å². The van der Waals surface area contributed by atoms with Gasteiger partial charge in [-0.25, -0.2) is 0 Å². The Labute approximate surface area is 134 Å². The van der Waals surface area contributed by atoms with Gasteiger partial charge in [0.1, 0.15) is 5.41 Å². The van der Waals surface area contributed by atoms with Crippen LogP contribution in [-0.2, 0) is 5.41 Å². The van der Waals surface area contributed by atoms with Crippen LogP contribution in [0.5, 0.6) is 0 Å². The van der Waals surface area contributed by atoms with Crippen molar-refractivity contribution in [3.05, 3.63) is 69.8 Å². The molecule has 0 aliphatic rings. The van der Waals surface area contributed by atoms with E-state index >= 15 is 0 Å². The van der Waals surface area contributed by atoms with E-state index in [1.165, 1.54) is 5.01 Å². The summed E-state index contributed by atoms with van der Waals surface area (Å²) in [6, 6.07) is 14.9. The molecule has 0 spiro atoms. The Morgan fingerprint density at radius 1 is 1.32 bits per heavy atom. The third-order valence-electron chi connectivity index (χ3n) is 3.58. The molecule has 1 atom stereocenters. The van der Waals surface area contributed by atoms with Crippen molar-refractivity contribution < 1.29 is 0 Å². The fraction of sp³-hybridized carbons (Fsp3) is 0.250. The van der Waals surface area contributed by atoms with E-state index in [1.54, 1.807) is 31.4 Å². The summed E-state index contributed by atoms with van der Waals surface area (Å²) in [7, 11) is 1.58. The monoisotopic (exact) mass is 314 g/mol. The van der Waals surface area contributed by atoms with Gasteiger partial charge in [0.25, 0.3) is 0 Å². The fourth-order valence-electron chi connectivity index (χ4n) is 2.32. The summed E-state index contributed by atoms with van der Waals surface area (Å²) in [6.45, 7) is 0.344. The maximum atomic E-state index is 10.6. The highest BCUT2D eigenvalue weighted by Crippen LogP contribution is 2.34. The summed E-state index contributed by atoms with van der Waals surface area (Å²) in [4.78, 5) is 14.9. The summed E-state index contributed by atoms with van der Waals surface area (Å²) < 4.78 is 0. The molecule has 112 valence electrons. The number of nitroso groups, excluding NO2 is 1. The Morgan fingerprint density at radius 2 is 2.05 bits per heavy atom. The molecule has 5 nitrogen and oxygen atoms in total. The summed E-state index contributed by atoms with van der Waals surface area (Å²) in [5.41, 5.74) is 0.474. The zero-order valence-electron chi connectivity index (χ0n) is 12.1. The predicted octanol–water partition coefficient (Wildman–Crippen LogP) is 3.55. The van der Waals surface area contributed by atoms with Crippen molar-refractivity contribution in [2.75, 3.05) is 13.6 Å². The zero-order chi connectivity index (χ0) is 16.0. The lowest BCUT2D eigenvalue weighted by atomic mass is 9.75.